The van der Waals surface area contributed by atoms with E-state index >= 15 is 0 Å². The molecule has 0 aliphatic heterocycles. The average Bonchev–Trinajstić information content (AvgIpc) is 2.14. The Bertz CT molecular complexity index is 223. The van der Waals surface area contributed by atoms with Crippen molar-refractivity contribution in [1.82, 2.24) is 0 Å². The van der Waals surface area contributed by atoms with Crippen molar-refractivity contribution >= 4 is 22.9 Å². The molecule has 0 radical (unpaired) electrons. The number of nitriles is 1. The Kier molecular flexibility index (Phi) is 1.52. The molecule has 1 aromatic heterocycles. The Morgan fingerprint density at radius 3 is 2.75 bits per heavy atom. The van der Waals surface area contributed by atoms with Crippen molar-refractivity contribution in [1.29, 1.82) is 5.26 Å². The number of hydrogen-bond acceptors (Lipinski definition) is 2. The lowest BCUT2D eigenvalue weighted by Gasteiger charge is -1.65. The Balaban J connectivity index is 3.05. The maximum absolute atomic E-state index is 8.25. The fourth-order valence-corrected chi connectivity index (χ4v) is 1.23. The first-order valence-electron chi connectivity index (χ1n) is 1.97. The third kappa shape index (κ3) is 1.00. The number of halogens is 1. The lowest BCUT2D eigenvalue weighted by atomic mass is 10.5. The van der Waals surface area contributed by atoms with Gasteiger partial charge in [-0.15, -0.1) is 11.3 Å². The fourth-order valence-electron chi connectivity index (χ4n) is 0.372. The molecule has 8 heavy (non-hydrogen) atoms. The van der Waals surface area contributed by atoms with Crippen LogP contribution >= 0.6 is 22.9 Å². The van der Waals surface area contributed by atoms with Gasteiger partial charge in [0.1, 0.15) is 10.9 Å². The minimum absolute atomic E-state index is 0.645. The van der Waals surface area contributed by atoms with Gasteiger partial charge in [0.05, 0.1) is 5.02 Å². The molecule has 1 rings (SSSR count). The fraction of sp³-hybridized carbons (Fsp3) is 0. The maximum atomic E-state index is 8.25. The molecule has 0 bridgehead atoms. The molecule has 0 amide bonds. The lowest BCUT2D eigenvalue weighted by Crippen LogP contribution is -1.52. The van der Waals surface area contributed by atoms with Gasteiger partial charge in [0.15, 0.2) is 0 Å². The second-order valence-corrected chi connectivity index (χ2v) is 2.59. The summed E-state index contributed by atoms with van der Waals surface area (Å²) in [6.07, 6.45) is 0. The molecule has 0 fully saturated rings. The van der Waals surface area contributed by atoms with Crippen molar-refractivity contribution in [2.75, 3.05) is 0 Å². The van der Waals surface area contributed by atoms with Crippen molar-refractivity contribution in [3.05, 3.63) is 21.3 Å². The first-order chi connectivity index (χ1) is 3.83. The normalized spacial score (nSPS) is 8.50. The second kappa shape index (κ2) is 2.17. The Morgan fingerprint density at radius 2 is 2.50 bits per heavy atom. The largest absolute Gasteiger partial charge is 0.192 e. The van der Waals surface area contributed by atoms with E-state index in [0.29, 0.717) is 9.90 Å². The van der Waals surface area contributed by atoms with Gasteiger partial charge in [0.25, 0.3) is 0 Å². The summed E-state index contributed by atoms with van der Waals surface area (Å²) in [4.78, 5) is 0.662. The van der Waals surface area contributed by atoms with Gasteiger partial charge in [-0.05, 0) is 6.07 Å². The Labute approximate surface area is 56.1 Å². The predicted octanol–water partition coefficient (Wildman–Crippen LogP) is 2.27. The third-order valence-corrected chi connectivity index (χ3v) is 1.86. The van der Waals surface area contributed by atoms with Gasteiger partial charge < -0.3 is 0 Å². The molecule has 0 aromatic carbocycles. The van der Waals surface area contributed by atoms with Gasteiger partial charge >= 0.3 is 0 Å². The molecule has 0 N–H and O–H groups in total. The number of rotatable bonds is 0. The quantitative estimate of drug-likeness (QED) is 0.547. The van der Waals surface area contributed by atoms with Crippen molar-refractivity contribution in [3.63, 3.8) is 0 Å². The predicted molar refractivity (Wildman–Crippen MR) is 34.0 cm³/mol. The maximum Gasteiger partial charge on any atom is 0.110 e. The summed E-state index contributed by atoms with van der Waals surface area (Å²) in [6.45, 7) is 0. The molecule has 1 aromatic rings. The molecule has 0 saturated heterocycles. The lowest BCUT2D eigenvalue weighted by molar-refractivity contribution is 1.52. The highest BCUT2D eigenvalue weighted by molar-refractivity contribution is 7.11. The molecule has 0 aliphatic rings. The summed E-state index contributed by atoms with van der Waals surface area (Å²) in [5.41, 5.74) is 0. The van der Waals surface area contributed by atoms with Crippen LogP contribution in [-0.2, 0) is 0 Å². The van der Waals surface area contributed by atoms with Crippen LogP contribution in [0.4, 0.5) is 0 Å². The van der Waals surface area contributed by atoms with Crippen LogP contribution in [-0.4, -0.2) is 0 Å². The highest BCUT2D eigenvalue weighted by atomic mass is 35.5. The van der Waals surface area contributed by atoms with Gasteiger partial charge in [0, 0.05) is 5.38 Å². The highest BCUT2D eigenvalue weighted by Gasteiger charge is 1.91. The van der Waals surface area contributed by atoms with Crippen LogP contribution in [0.5, 0.6) is 0 Å². The zero-order valence-corrected chi connectivity index (χ0v) is 5.46. The van der Waals surface area contributed by atoms with Crippen LogP contribution in [0, 0.1) is 11.3 Å². The standard InChI is InChI=1S/C5H2ClNS/c6-4-1-5(2-7)8-3-4/h1,3H. The number of nitrogens with zero attached hydrogens (tertiary/aromatic N) is 1. The topological polar surface area (TPSA) is 23.8 Å². The van der Waals surface area contributed by atoms with E-state index in [-0.39, 0.29) is 0 Å². The zero-order valence-electron chi connectivity index (χ0n) is 3.89. The van der Waals surface area contributed by atoms with Crippen LogP contribution < -0.4 is 0 Å². The van der Waals surface area contributed by atoms with Gasteiger partial charge in [0.2, 0.25) is 0 Å². The van der Waals surface area contributed by atoms with Crippen LogP contribution in [0.3, 0.4) is 0 Å². The molecule has 3 heteroatoms. The van der Waals surface area contributed by atoms with Gasteiger partial charge in [-0.2, -0.15) is 5.26 Å². The summed E-state index contributed by atoms with van der Waals surface area (Å²) < 4.78 is 0. The SMILES string of the molecule is N#Cc1cc(Cl)cs1. The van der Waals surface area contributed by atoms with E-state index < -0.39 is 0 Å². The van der Waals surface area contributed by atoms with Crippen LogP contribution in [0.15, 0.2) is 11.4 Å². The Hall–Kier alpha value is -0.520. The highest BCUT2D eigenvalue weighted by Crippen LogP contribution is 2.17. The Morgan fingerprint density at radius 1 is 1.75 bits per heavy atom. The van der Waals surface area contributed by atoms with Crippen molar-refractivity contribution in [2.24, 2.45) is 0 Å². The molecular formula is C5H2ClNS. The first kappa shape index (κ1) is 5.61. The molecule has 1 nitrogen and oxygen atoms in total. The summed E-state index contributed by atoms with van der Waals surface area (Å²) in [7, 11) is 0. The van der Waals surface area contributed by atoms with E-state index in [4.69, 9.17) is 16.9 Å². The number of thiophene rings is 1. The molecule has 0 aliphatic carbocycles. The minimum Gasteiger partial charge on any atom is -0.192 e. The molecule has 1 heterocycles. The van der Waals surface area contributed by atoms with E-state index in [9.17, 15) is 0 Å². The number of hydrogen-bond donors (Lipinski definition) is 0. The summed E-state index contributed by atoms with van der Waals surface area (Å²) >= 11 is 6.85. The monoisotopic (exact) mass is 143 g/mol. The van der Waals surface area contributed by atoms with E-state index in [1.54, 1.807) is 11.4 Å². The van der Waals surface area contributed by atoms with Crippen molar-refractivity contribution < 1.29 is 0 Å². The minimum atomic E-state index is 0.645. The van der Waals surface area contributed by atoms with Crippen molar-refractivity contribution in [2.45, 2.75) is 0 Å². The molecule has 0 spiro atoms. The van der Waals surface area contributed by atoms with Crippen molar-refractivity contribution in [3.8, 4) is 6.07 Å². The van der Waals surface area contributed by atoms with Crippen LogP contribution in [0.25, 0.3) is 0 Å². The smallest absolute Gasteiger partial charge is 0.110 e. The molecule has 40 valence electrons. The summed E-state index contributed by atoms with van der Waals surface area (Å²) in [6, 6.07) is 3.63. The van der Waals surface area contributed by atoms with Crippen LogP contribution in [0.1, 0.15) is 4.88 Å². The van der Waals surface area contributed by atoms with Gasteiger partial charge in [-0.3, -0.25) is 0 Å². The van der Waals surface area contributed by atoms with E-state index in [1.165, 1.54) is 11.3 Å². The molecule has 0 unspecified atom stereocenters. The summed E-state index contributed by atoms with van der Waals surface area (Å²) in [5, 5.41) is 10.6. The second-order valence-electron chi connectivity index (χ2n) is 1.24. The van der Waals surface area contributed by atoms with Gasteiger partial charge in [-0.1, -0.05) is 11.6 Å². The van der Waals surface area contributed by atoms with Gasteiger partial charge in [-0.25, -0.2) is 0 Å². The van der Waals surface area contributed by atoms with E-state index in [2.05, 4.69) is 0 Å². The average molecular weight is 144 g/mol. The molecular weight excluding hydrogens is 142 g/mol. The van der Waals surface area contributed by atoms with E-state index in [1.807, 2.05) is 6.07 Å². The first-order valence-corrected chi connectivity index (χ1v) is 3.23. The molecule has 0 saturated carbocycles. The zero-order chi connectivity index (χ0) is 5.98. The summed E-state index contributed by atoms with van der Waals surface area (Å²) in [5.74, 6) is 0. The van der Waals surface area contributed by atoms with E-state index in [0.717, 1.165) is 0 Å². The molecule has 0 atom stereocenters. The van der Waals surface area contributed by atoms with Crippen LogP contribution in [0.2, 0.25) is 5.02 Å². The third-order valence-electron chi connectivity index (χ3n) is 0.678.